The number of carbonyl (C=O) groups excluding carboxylic acids is 2. The van der Waals surface area contributed by atoms with E-state index in [1.165, 1.54) is 0 Å². The average Bonchev–Trinajstić information content (AvgIpc) is 2.70. The highest BCUT2D eigenvalue weighted by molar-refractivity contribution is 5.86. The van der Waals surface area contributed by atoms with Gasteiger partial charge in [-0.05, 0) is 24.5 Å². The second kappa shape index (κ2) is 6.48. The fourth-order valence-electron chi connectivity index (χ4n) is 2.46. The van der Waals surface area contributed by atoms with Crippen molar-refractivity contribution >= 4 is 11.9 Å². The molecule has 0 saturated carbocycles. The molecular weight excluding hydrogens is 284 g/mol. The number of benzene rings is 1. The van der Waals surface area contributed by atoms with E-state index in [1.807, 2.05) is 19.9 Å². The van der Waals surface area contributed by atoms with E-state index in [2.05, 4.69) is 0 Å². The molecule has 0 spiro atoms. The summed E-state index contributed by atoms with van der Waals surface area (Å²) >= 11 is 0. The molecule has 2 rings (SSSR count). The summed E-state index contributed by atoms with van der Waals surface area (Å²) < 4.78 is 16.1. The maximum Gasteiger partial charge on any atom is 0.338 e. The van der Waals surface area contributed by atoms with E-state index >= 15 is 0 Å². The Bertz CT molecular complexity index is 535. The molecule has 0 radical (unpaired) electrons. The standard InChI is InChI=1S/C17H22O5/c1-11(2)10-13(14-16(19)22-17(3,4)21-14)15(18)20-12-8-6-5-7-9-12/h5-9,11,13-14H,10H2,1-4H3/t13-,14+/m1/s1. The van der Waals surface area contributed by atoms with Gasteiger partial charge in [-0.3, -0.25) is 4.79 Å². The van der Waals surface area contributed by atoms with Crippen LogP contribution in [-0.2, 0) is 19.1 Å². The van der Waals surface area contributed by atoms with Crippen LogP contribution >= 0.6 is 0 Å². The summed E-state index contributed by atoms with van der Waals surface area (Å²) in [5.41, 5.74) is 0. The van der Waals surface area contributed by atoms with Crippen molar-refractivity contribution in [1.82, 2.24) is 0 Å². The number of ether oxygens (including phenoxy) is 3. The normalized spacial score (nSPS) is 21.5. The number of hydrogen-bond donors (Lipinski definition) is 0. The van der Waals surface area contributed by atoms with Crippen LogP contribution in [0.25, 0.3) is 0 Å². The molecule has 0 aliphatic carbocycles. The first-order valence-corrected chi connectivity index (χ1v) is 7.46. The predicted octanol–water partition coefficient (Wildman–Crippen LogP) is 2.93. The molecule has 1 aromatic rings. The maximum absolute atomic E-state index is 12.5. The number of esters is 2. The van der Waals surface area contributed by atoms with Crippen molar-refractivity contribution in [2.75, 3.05) is 0 Å². The van der Waals surface area contributed by atoms with Crippen molar-refractivity contribution in [3.05, 3.63) is 30.3 Å². The number of cyclic esters (lactones) is 1. The van der Waals surface area contributed by atoms with Crippen LogP contribution in [-0.4, -0.2) is 23.8 Å². The van der Waals surface area contributed by atoms with Gasteiger partial charge in [0.1, 0.15) is 5.75 Å². The highest BCUT2D eigenvalue weighted by Gasteiger charge is 2.48. The molecule has 0 amide bonds. The number of carbonyl (C=O) groups is 2. The molecule has 2 atom stereocenters. The Morgan fingerprint density at radius 2 is 1.91 bits per heavy atom. The Hall–Kier alpha value is -1.88. The number of rotatable bonds is 5. The molecule has 0 bridgehead atoms. The number of para-hydroxylation sites is 1. The molecule has 0 aromatic heterocycles. The van der Waals surface area contributed by atoms with Gasteiger partial charge in [-0.2, -0.15) is 0 Å². The lowest BCUT2D eigenvalue weighted by Crippen LogP contribution is -2.37. The molecule has 5 heteroatoms. The Kier molecular flexibility index (Phi) is 4.86. The molecule has 1 saturated heterocycles. The van der Waals surface area contributed by atoms with Crippen molar-refractivity contribution in [2.24, 2.45) is 11.8 Å². The first kappa shape index (κ1) is 16.5. The lowest BCUT2D eigenvalue weighted by atomic mass is 9.92. The van der Waals surface area contributed by atoms with Crippen molar-refractivity contribution < 1.29 is 23.8 Å². The van der Waals surface area contributed by atoms with Crippen LogP contribution in [0.4, 0.5) is 0 Å². The SMILES string of the molecule is CC(C)C[C@@H](C(=O)Oc1ccccc1)[C@@H]1OC(C)(C)OC1=O. The number of hydrogen-bond acceptors (Lipinski definition) is 5. The summed E-state index contributed by atoms with van der Waals surface area (Å²) in [5.74, 6) is -2.01. The van der Waals surface area contributed by atoms with Gasteiger partial charge in [0, 0.05) is 13.8 Å². The van der Waals surface area contributed by atoms with E-state index in [-0.39, 0.29) is 5.92 Å². The van der Waals surface area contributed by atoms with Gasteiger partial charge in [0.15, 0.2) is 6.10 Å². The summed E-state index contributed by atoms with van der Waals surface area (Å²) in [6, 6.07) is 8.79. The topological polar surface area (TPSA) is 61.8 Å². The minimum Gasteiger partial charge on any atom is -0.432 e. The molecule has 5 nitrogen and oxygen atoms in total. The molecule has 22 heavy (non-hydrogen) atoms. The zero-order valence-electron chi connectivity index (χ0n) is 13.4. The summed E-state index contributed by atoms with van der Waals surface area (Å²) in [6.45, 7) is 7.27. The summed E-state index contributed by atoms with van der Waals surface area (Å²) in [4.78, 5) is 24.5. The highest BCUT2D eigenvalue weighted by Crippen LogP contribution is 2.32. The van der Waals surface area contributed by atoms with Crippen molar-refractivity contribution in [3.8, 4) is 5.75 Å². The average molecular weight is 306 g/mol. The third-order valence-electron chi connectivity index (χ3n) is 3.34. The fourth-order valence-corrected chi connectivity index (χ4v) is 2.46. The highest BCUT2D eigenvalue weighted by atomic mass is 16.8. The molecule has 1 fully saturated rings. The molecule has 120 valence electrons. The Labute approximate surface area is 130 Å². The Balaban J connectivity index is 2.15. The minimum absolute atomic E-state index is 0.216. The fraction of sp³-hybridized carbons (Fsp3) is 0.529. The van der Waals surface area contributed by atoms with Gasteiger partial charge in [0.05, 0.1) is 5.92 Å². The van der Waals surface area contributed by atoms with Gasteiger partial charge >= 0.3 is 11.9 Å². The van der Waals surface area contributed by atoms with Crippen molar-refractivity contribution in [3.63, 3.8) is 0 Å². The van der Waals surface area contributed by atoms with Crippen LogP contribution in [0.2, 0.25) is 0 Å². The third kappa shape index (κ3) is 4.07. The Morgan fingerprint density at radius 3 is 2.41 bits per heavy atom. The van der Waals surface area contributed by atoms with Crippen molar-refractivity contribution in [1.29, 1.82) is 0 Å². The summed E-state index contributed by atoms with van der Waals surface area (Å²) in [7, 11) is 0. The van der Waals surface area contributed by atoms with Crippen molar-refractivity contribution in [2.45, 2.75) is 46.0 Å². The lowest BCUT2D eigenvalue weighted by Gasteiger charge is -2.22. The van der Waals surface area contributed by atoms with Crippen LogP contribution < -0.4 is 4.74 Å². The maximum atomic E-state index is 12.5. The minimum atomic E-state index is -1.01. The molecule has 1 aromatic carbocycles. The second-order valence-corrected chi connectivity index (χ2v) is 6.33. The smallest absolute Gasteiger partial charge is 0.338 e. The molecular formula is C17H22O5. The van der Waals surface area contributed by atoms with Gasteiger partial charge in [-0.15, -0.1) is 0 Å². The first-order valence-electron chi connectivity index (χ1n) is 7.46. The summed E-state index contributed by atoms with van der Waals surface area (Å²) in [6.07, 6.45) is -0.435. The molecule has 1 heterocycles. The van der Waals surface area contributed by atoms with Gasteiger partial charge in [-0.1, -0.05) is 32.0 Å². The molecule has 0 unspecified atom stereocenters. The van der Waals surface area contributed by atoms with E-state index in [0.29, 0.717) is 12.2 Å². The van der Waals surface area contributed by atoms with Gasteiger partial charge in [0.25, 0.3) is 0 Å². The first-order chi connectivity index (χ1) is 10.3. The van der Waals surface area contributed by atoms with Crippen LogP contribution in [0.15, 0.2) is 30.3 Å². The van der Waals surface area contributed by atoms with Crippen LogP contribution in [0.3, 0.4) is 0 Å². The lowest BCUT2D eigenvalue weighted by molar-refractivity contribution is -0.163. The quantitative estimate of drug-likeness (QED) is 0.618. The van der Waals surface area contributed by atoms with E-state index in [4.69, 9.17) is 14.2 Å². The van der Waals surface area contributed by atoms with Gasteiger partial charge in [0.2, 0.25) is 5.79 Å². The zero-order chi connectivity index (χ0) is 16.3. The molecule has 0 N–H and O–H groups in total. The predicted molar refractivity (Wildman–Crippen MR) is 80.1 cm³/mol. The van der Waals surface area contributed by atoms with Crippen LogP contribution in [0, 0.1) is 11.8 Å². The van der Waals surface area contributed by atoms with E-state index in [9.17, 15) is 9.59 Å². The van der Waals surface area contributed by atoms with E-state index in [1.54, 1.807) is 38.1 Å². The van der Waals surface area contributed by atoms with Crippen LogP contribution in [0.1, 0.15) is 34.1 Å². The van der Waals surface area contributed by atoms with Crippen LogP contribution in [0.5, 0.6) is 5.75 Å². The Morgan fingerprint density at radius 1 is 1.27 bits per heavy atom. The van der Waals surface area contributed by atoms with E-state index in [0.717, 1.165) is 0 Å². The monoisotopic (exact) mass is 306 g/mol. The van der Waals surface area contributed by atoms with Gasteiger partial charge < -0.3 is 14.2 Å². The molecule has 1 aliphatic heterocycles. The summed E-state index contributed by atoms with van der Waals surface area (Å²) in [5, 5.41) is 0. The largest absolute Gasteiger partial charge is 0.432 e. The third-order valence-corrected chi connectivity index (χ3v) is 3.34. The zero-order valence-corrected chi connectivity index (χ0v) is 13.4. The van der Waals surface area contributed by atoms with Gasteiger partial charge in [-0.25, -0.2) is 4.79 Å². The molecule has 1 aliphatic rings. The second-order valence-electron chi connectivity index (χ2n) is 6.33. The van der Waals surface area contributed by atoms with E-state index < -0.39 is 29.7 Å².